The average Bonchev–Trinajstić information content (AvgIpc) is 3.40. The van der Waals surface area contributed by atoms with Crippen molar-refractivity contribution in [2.24, 2.45) is 0 Å². The van der Waals surface area contributed by atoms with Gasteiger partial charge in [-0.15, -0.1) is 11.3 Å². The van der Waals surface area contributed by atoms with Crippen molar-refractivity contribution >= 4 is 34.5 Å². The Hall–Kier alpha value is -1.78. The van der Waals surface area contributed by atoms with Gasteiger partial charge >= 0.3 is 0 Å². The molecule has 2 N–H and O–H groups in total. The number of anilines is 1. The molecule has 1 aromatic carbocycles. The summed E-state index contributed by atoms with van der Waals surface area (Å²) in [5, 5.41) is 4.63. The highest BCUT2D eigenvalue weighted by molar-refractivity contribution is 7.65. The Balaban J connectivity index is 1.66. The summed E-state index contributed by atoms with van der Waals surface area (Å²) in [7, 11) is -0.715. The number of nitrogens with zero attached hydrogens (tertiary/aromatic N) is 1. The molecule has 1 saturated heterocycles. The Bertz CT molecular complexity index is 1110. The molecule has 0 spiro atoms. The second-order valence-electron chi connectivity index (χ2n) is 9.17. The van der Waals surface area contributed by atoms with Gasteiger partial charge in [-0.2, -0.15) is 0 Å². The van der Waals surface area contributed by atoms with Crippen LogP contribution in [0.1, 0.15) is 55.5 Å². The number of aryl methyl sites for hydroxylation is 1. The fourth-order valence-electron chi connectivity index (χ4n) is 5.76. The molecule has 2 aliphatic rings. The summed E-state index contributed by atoms with van der Waals surface area (Å²) in [6.45, 7) is 2.00. The molecule has 31 heavy (non-hydrogen) atoms. The SMILES string of the molecule is COc1ccc2cc(C3(P4(=O)CCCCC4)CCCCC3Nc3nc(C)c[nH]3)sc2c1. The second-order valence-corrected chi connectivity index (χ2v) is 13.7. The van der Waals surface area contributed by atoms with Gasteiger partial charge in [0.05, 0.1) is 18.0 Å². The first-order chi connectivity index (χ1) is 15.0. The Morgan fingerprint density at radius 2 is 2.03 bits per heavy atom. The molecule has 0 radical (unpaired) electrons. The molecular formula is C24H32N3O2PS. The molecule has 1 aliphatic heterocycles. The first-order valence-electron chi connectivity index (χ1n) is 11.5. The van der Waals surface area contributed by atoms with Crippen molar-refractivity contribution in [3.63, 3.8) is 0 Å². The zero-order valence-electron chi connectivity index (χ0n) is 18.4. The smallest absolute Gasteiger partial charge is 0.200 e. The van der Waals surface area contributed by atoms with Crippen LogP contribution in [0.4, 0.5) is 5.95 Å². The number of methoxy groups -OCH3 is 1. The molecule has 2 unspecified atom stereocenters. The van der Waals surface area contributed by atoms with Gasteiger partial charge in [-0.1, -0.05) is 19.3 Å². The number of thiophene rings is 1. The van der Waals surface area contributed by atoms with Crippen LogP contribution in [0.5, 0.6) is 5.75 Å². The number of imidazole rings is 1. The molecule has 1 aliphatic carbocycles. The van der Waals surface area contributed by atoms with Gasteiger partial charge in [0.15, 0.2) is 0 Å². The number of H-pyrrole nitrogens is 1. The van der Waals surface area contributed by atoms with Gasteiger partial charge in [0.2, 0.25) is 5.95 Å². The number of benzene rings is 1. The van der Waals surface area contributed by atoms with E-state index < -0.39 is 7.14 Å². The van der Waals surface area contributed by atoms with Gasteiger partial charge in [0.1, 0.15) is 12.9 Å². The van der Waals surface area contributed by atoms with Crippen molar-refractivity contribution in [3.8, 4) is 5.75 Å². The number of rotatable bonds is 5. The second kappa shape index (κ2) is 8.29. The maximum atomic E-state index is 14.8. The first kappa shape index (κ1) is 21.1. The molecule has 2 atom stereocenters. The zero-order valence-corrected chi connectivity index (χ0v) is 20.2. The first-order valence-corrected chi connectivity index (χ1v) is 14.4. The van der Waals surface area contributed by atoms with Crippen LogP contribution in [0.3, 0.4) is 0 Å². The van der Waals surface area contributed by atoms with Crippen molar-refractivity contribution in [1.82, 2.24) is 9.97 Å². The molecule has 0 bridgehead atoms. The van der Waals surface area contributed by atoms with Crippen LogP contribution >= 0.6 is 18.5 Å². The van der Waals surface area contributed by atoms with Crippen molar-refractivity contribution in [2.75, 3.05) is 24.8 Å². The summed E-state index contributed by atoms with van der Waals surface area (Å²) in [5.41, 5.74) is 0.974. The minimum Gasteiger partial charge on any atom is -0.497 e. The lowest BCUT2D eigenvalue weighted by Gasteiger charge is -2.50. The van der Waals surface area contributed by atoms with Gasteiger partial charge in [-0.25, -0.2) is 4.98 Å². The lowest BCUT2D eigenvalue weighted by molar-refractivity contribution is 0.347. The highest BCUT2D eigenvalue weighted by Crippen LogP contribution is 2.71. The maximum absolute atomic E-state index is 14.8. The van der Waals surface area contributed by atoms with Crippen molar-refractivity contribution in [2.45, 2.75) is 63.1 Å². The predicted octanol–water partition coefficient (Wildman–Crippen LogP) is 6.74. The molecule has 5 nitrogen and oxygen atoms in total. The van der Waals surface area contributed by atoms with Gasteiger partial charge < -0.3 is 19.6 Å². The predicted molar refractivity (Wildman–Crippen MR) is 130 cm³/mol. The number of hydrogen-bond donors (Lipinski definition) is 2. The molecular weight excluding hydrogens is 425 g/mol. The lowest BCUT2D eigenvalue weighted by Crippen LogP contribution is -2.47. The van der Waals surface area contributed by atoms with Crippen molar-refractivity contribution < 1.29 is 9.30 Å². The average molecular weight is 458 g/mol. The third-order valence-electron chi connectivity index (χ3n) is 7.31. The van der Waals surface area contributed by atoms with E-state index in [9.17, 15) is 4.57 Å². The van der Waals surface area contributed by atoms with Crippen LogP contribution in [0.25, 0.3) is 10.1 Å². The Morgan fingerprint density at radius 3 is 2.77 bits per heavy atom. The van der Waals surface area contributed by atoms with E-state index in [4.69, 9.17) is 4.74 Å². The van der Waals surface area contributed by atoms with Crippen LogP contribution < -0.4 is 10.1 Å². The van der Waals surface area contributed by atoms with Crippen molar-refractivity contribution in [1.29, 1.82) is 0 Å². The monoisotopic (exact) mass is 457 g/mol. The topological polar surface area (TPSA) is 67.0 Å². The zero-order chi connectivity index (χ0) is 21.5. The van der Waals surface area contributed by atoms with Gasteiger partial charge in [-0.05, 0) is 62.3 Å². The van der Waals surface area contributed by atoms with Crippen LogP contribution in [-0.2, 0) is 9.72 Å². The van der Waals surface area contributed by atoms with Crippen LogP contribution in [0.2, 0.25) is 0 Å². The quantitative estimate of drug-likeness (QED) is 0.417. The number of aromatic nitrogens is 2. The number of hydrogen-bond acceptors (Lipinski definition) is 5. The standard InChI is InChI=1S/C24H32N3O2PS/c1-17-16-25-23(26-17)27-21-8-4-5-11-24(21,30(28)12-6-3-7-13-30)22-14-18-9-10-19(29-2)15-20(18)31-22/h9-10,14-16,21H,3-8,11-13H2,1-2H3,(H2,25,26,27). The van der Waals surface area contributed by atoms with E-state index in [-0.39, 0.29) is 11.2 Å². The normalized spacial score (nSPS) is 26.1. The summed E-state index contributed by atoms with van der Waals surface area (Å²) in [6.07, 6.45) is 11.4. The van der Waals surface area contributed by atoms with Gasteiger partial charge in [0, 0.05) is 34.1 Å². The summed E-state index contributed by atoms with van der Waals surface area (Å²) in [6, 6.07) is 8.73. The summed E-state index contributed by atoms with van der Waals surface area (Å²) >= 11 is 1.82. The Labute approximate surface area is 188 Å². The van der Waals surface area contributed by atoms with E-state index >= 15 is 0 Å². The minimum atomic E-state index is -2.43. The number of ether oxygens (including phenoxy) is 1. The van der Waals surface area contributed by atoms with E-state index in [0.29, 0.717) is 0 Å². The molecule has 1 saturated carbocycles. The molecule has 2 aromatic heterocycles. The molecule has 2 fully saturated rings. The minimum absolute atomic E-state index is 0.130. The highest BCUT2D eigenvalue weighted by Gasteiger charge is 2.56. The van der Waals surface area contributed by atoms with E-state index in [1.54, 1.807) is 7.11 Å². The van der Waals surface area contributed by atoms with E-state index in [0.717, 1.165) is 68.2 Å². The maximum Gasteiger partial charge on any atom is 0.200 e. The molecule has 166 valence electrons. The molecule has 3 aromatic rings. The highest BCUT2D eigenvalue weighted by atomic mass is 32.1. The van der Waals surface area contributed by atoms with E-state index in [1.165, 1.54) is 21.4 Å². The van der Waals surface area contributed by atoms with Crippen LogP contribution in [0.15, 0.2) is 30.5 Å². The summed E-state index contributed by atoms with van der Waals surface area (Å²) in [4.78, 5) is 9.19. The van der Waals surface area contributed by atoms with Crippen molar-refractivity contribution in [3.05, 3.63) is 41.0 Å². The fourth-order valence-corrected chi connectivity index (χ4v) is 11.9. The molecule has 5 rings (SSSR count). The number of aromatic amines is 1. The van der Waals surface area contributed by atoms with Crippen LogP contribution in [0, 0.1) is 6.92 Å². The fraction of sp³-hybridized carbons (Fsp3) is 0.542. The number of fused-ring (bicyclic) bond motifs is 1. The van der Waals surface area contributed by atoms with Gasteiger partial charge in [0.25, 0.3) is 0 Å². The van der Waals surface area contributed by atoms with E-state index in [2.05, 4.69) is 33.5 Å². The van der Waals surface area contributed by atoms with Crippen LogP contribution in [-0.4, -0.2) is 35.4 Å². The lowest BCUT2D eigenvalue weighted by atomic mass is 9.82. The largest absolute Gasteiger partial charge is 0.497 e. The summed E-state index contributed by atoms with van der Waals surface area (Å²) < 4.78 is 21.5. The third-order valence-corrected chi connectivity index (χ3v) is 13.0. The molecule has 0 amide bonds. The van der Waals surface area contributed by atoms with Gasteiger partial charge in [-0.3, -0.25) is 0 Å². The third kappa shape index (κ3) is 3.62. The molecule has 3 heterocycles. The van der Waals surface area contributed by atoms with E-state index in [1.807, 2.05) is 30.5 Å². The summed E-state index contributed by atoms with van der Waals surface area (Å²) in [5.74, 6) is 1.68. The Morgan fingerprint density at radius 1 is 1.19 bits per heavy atom. The Kier molecular flexibility index (Phi) is 5.64. The molecule has 7 heteroatoms. The number of nitrogens with one attached hydrogen (secondary N) is 2.